The normalized spacial score (nSPS) is 11.8. The molecule has 0 bridgehead atoms. The molecule has 84 valence electrons. The molecule has 0 unspecified atom stereocenters. The fraction of sp³-hybridized carbons (Fsp3) is 0.0909. The van der Waals surface area contributed by atoms with Crippen LogP contribution in [0.15, 0.2) is 41.3 Å². The van der Waals surface area contributed by atoms with Crippen molar-refractivity contribution in [3.63, 3.8) is 0 Å². The lowest BCUT2D eigenvalue weighted by atomic mass is 10.1. The van der Waals surface area contributed by atoms with Crippen molar-refractivity contribution < 1.29 is 8.42 Å². The summed E-state index contributed by atoms with van der Waals surface area (Å²) in [6.45, 7) is 0. The maximum absolute atomic E-state index is 11.6. The summed E-state index contributed by atoms with van der Waals surface area (Å²) in [5.41, 5.74) is 11.5. The van der Waals surface area contributed by atoms with Crippen LogP contribution >= 0.6 is 0 Å². The minimum absolute atomic E-state index is 0.243. The lowest BCUT2D eigenvalue weighted by Gasteiger charge is -2.04. The van der Waals surface area contributed by atoms with E-state index < -0.39 is 9.84 Å². The number of rotatable bonds is 2. The smallest absolute Gasteiger partial charge is 0.191 e. The summed E-state index contributed by atoms with van der Waals surface area (Å²) in [7, 11) is -3.35. The van der Waals surface area contributed by atoms with E-state index in [4.69, 9.17) is 11.5 Å². The number of hydrogen-bond acceptors (Lipinski definition) is 4. The maximum atomic E-state index is 11.6. The van der Waals surface area contributed by atoms with E-state index in [0.717, 1.165) is 10.8 Å². The van der Waals surface area contributed by atoms with Gasteiger partial charge in [0.1, 0.15) is 5.88 Å². The highest BCUT2D eigenvalue weighted by Crippen LogP contribution is 2.21. The first kappa shape index (κ1) is 10.9. The predicted octanol–water partition coefficient (Wildman–Crippen LogP) is 1.11. The van der Waals surface area contributed by atoms with E-state index in [-0.39, 0.29) is 10.8 Å². The Morgan fingerprint density at radius 2 is 1.62 bits per heavy atom. The van der Waals surface area contributed by atoms with E-state index >= 15 is 0 Å². The molecule has 0 aliphatic heterocycles. The molecule has 0 spiro atoms. The van der Waals surface area contributed by atoms with Crippen molar-refractivity contribution in [2.24, 2.45) is 5.73 Å². The van der Waals surface area contributed by atoms with E-state index in [1.165, 1.54) is 0 Å². The highest BCUT2D eigenvalue weighted by atomic mass is 32.2. The average molecular weight is 236 g/mol. The Bertz CT molecular complexity index is 635. The van der Waals surface area contributed by atoms with Gasteiger partial charge in [-0.1, -0.05) is 12.1 Å². The molecule has 16 heavy (non-hydrogen) atoms. The molecule has 0 aromatic heterocycles. The van der Waals surface area contributed by atoms with E-state index in [0.29, 0.717) is 5.69 Å². The molecule has 0 fully saturated rings. The number of fused-ring (bicyclic) bond motifs is 1. The van der Waals surface area contributed by atoms with Gasteiger partial charge in [0.15, 0.2) is 9.84 Å². The summed E-state index contributed by atoms with van der Waals surface area (Å²) < 4.78 is 23.1. The second-order valence-electron chi connectivity index (χ2n) is 3.55. The van der Waals surface area contributed by atoms with Gasteiger partial charge in [0.05, 0.1) is 4.90 Å². The molecule has 4 N–H and O–H groups in total. The van der Waals surface area contributed by atoms with Gasteiger partial charge in [0.2, 0.25) is 0 Å². The van der Waals surface area contributed by atoms with Gasteiger partial charge in [-0.15, -0.1) is 0 Å². The fourth-order valence-electron chi connectivity index (χ4n) is 1.53. The zero-order valence-corrected chi connectivity index (χ0v) is 9.37. The predicted molar refractivity (Wildman–Crippen MR) is 64.6 cm³/mol. The molecular weight excluding hydrogens is 224 g/mol. The van der Waals surface area contributed by atoms with Gasteiger partial charge < -0.3 is 11.5 Å². The van der Waals surface area contributed by atoms with E-state index in [9.17, 15) is 8.42 Å². The monoisotopic (exact) mass is 236 g/mol. The van der Waals surface area contributed by atoms with E-state index in [1.54, 1.807) is 36.4 Å². The number of nitrogen functional groups attached to an aromatic ring is 1. The van der Waals surface area contributed by atoms with Crippen molar-refractivity contribution in [1.29, 1.82) is 0 Å². The van der Waals surface area contributed by atoms with Crippen molar-refractivity contribution in [1.82, 2.24) is 0 Å². The summed E-state index contributed by atoms with van der Waals surface area (Å²) in [5.74, 6) is -0.381. The fourth-order valence-corrected chi connectivity index (χ4v) is 2.31. The minimum atomic E-state index is -3.35. The largest absolute Gasteiger partial charge is 0.399 e. The van der Waals surface area contributed by atoms with Crippen molar-refractivity contribution in [2.75, 3.05) is 11.6 Å². The van der Waals surface area contributed by atoms with Gasteiger partial charge in [-0.25, -0.2) is 8.42 Å². The van der Waals surface area contributed by atoms with Crippen LogP contribution in [0.5, 0.6) is 0 Å². The van der Waals surface area contributed by atoms with Crippen LogP contribution in [-0.4, -0.2) is 14.3 Å². The molecule has 0 atom stereocenters. The molecule has 0 heterocycles. The number of nitrogens with two attached hydrogens (primary N) is 2. The Morgan fingerprint density at radius 3 is 2.31 bits per heavy atom. The van der Waals surface area contributed by atoms with Crippen molar-refractivity contribution in [3.05, 3.63) is 36.4 Å². The van der Waals surface area contributed by atoms with Gasteiger partial charge in [-0.3, -0.25) is 0 Å². The number of sulfone groups is 1. The van der Waals surface area contributed by atoms with Gasteiger partial charge >= 0.3 is 0 Å². The van der Waals surface area contributed by atoms with Crippen LogP contribution in [0, 0.1) is 0 Å². The molecule has 0 aliphatic carbocycles. The number of anilines is 1. The average Bonchev–Trinajstić information content (AvgIpc) is 2.28. The molecule has 0 saturated carbocycles. The molecule has 2 aromatic carbocycles. The van der Waals surface area contributed by atoms with E-state index in [1.807, 2.05) is 0 Å². The molecule has 0 aliphatic rings. The Kier molecular flexibility index (Phi) is 2.57. The molecule has 0 radical (unpaired) electrons. The maximum Gasteiger partial charge on any atom is 0.191 e. The number of hydrogen-bond donors (Lipinski definition) is 2. The van der Waals surface area contributed by atoms with Crippen LogP contribution in [0.3, 0.4) is 0 Å². The molecule has 4 nitrogen and oxygen atoms in total. The zero-order valence-electron chi connectivity index (χ0n) is 8.55. The van der Waals surface area contributed by atoms with Crippen LogP contribution < -0.4 is 11.5 Å². The molecule has 2 rings (SSSR count). The van der Waals surface area contributed by atoms with Gasteiger partial charge in [0.25, 0.3) is 0 Å². The third kappa shape index (κ3) is 1.87. The summed E-state index contributed by atoms with van der Waals surface area (Å²) >= 11 is 0. The van der Waals surface area contributed by atoms with Gasteiger partial charge in [0, 0.05) is 5.69 Å². The third-order valence-electron chi connectivity index (χ3n) is 2.41. The minimum Gasteiger partial charge on any atom is -0.399 e. The SMILES string of the molecule is NCS(=O)(=O)c1ccc2cc(N)ccc2c1. The van der Waals surface area contributed by atoms with E-state index in [2.05, 4.69) is 0 Å². The molecular formula is C11H12N2O2S. The molecule has 0 saturated heterocycles. The quantitative estimate of drug-likeness (QED) is 0.765. The third-order valence-corrected chi connectivity index (χ3v) is 3.83. The molecule has 5 heteroatoms. The first-order valence-electron chi connectivity index (χ1n) is 4.75. The van der Waals surface area contributed by atoms with Crippen LogP contribution in [0.1, 0.15) is 0 Å². The second-order valence-corrected chi connectivity index (χ2v) is 5.58. The standard InChI is InChI=1S/C11H12N2O2S/c12-7-16(14,15)11-4-2-8-5-10(13)3-1-9(8)6-11/h1-6H,7,12-13H2. The van der Waals surface area contributed by atoms with Crippen LogP contribution in [0.4, 0.5) is 5.69 Å². The lowest BCUT2D eigenvalue weighted by molar-refractivity contribution is 0.596. The Hall–Kier alpha value is -1.59. The first-order chi connectivity index (χ1) is 7.53. The van der Waals surface area contributed by atoms with Crippen molar-refractivity contribution >= 4 is 26.3 Å². The summed E-state index contributed by atoms with van der Waals surface area (Å²) in [4.78, 5) is 0.243. The first-order valence-corrected chi connectivity index (χ1v) is 6.40. The van der Waals surface area contributed by atoms with Crippen LogP contribution in [0.2, 0.25) is 0 Å². The van der Waals surface area contributed by atoms with Crippen LogP contribution in [0.25, 0.3) is 10.8 Å². The Balaban J connectivity index is 2.66. The van der Waals surface area contributed by atoms with Crippen molar-refractivity contribution in [2.45, 2.75) is 4.90 Å². The second kappa shape index (κ2) is 3.77. The molecule has 2 aromatic rings. The number of benzene rings is 2. The summed E-state index contributed by atoms with van der Waals surface area (Å²) in [5, 5.41) is 1.75. The summed E-state index contributed by atoms with van der Waals surface area (Å²) in [6, 6.07) is 10.2. The molecule has 0 amide bonds. The Labute approximate surface area is 93.8 Å². The highest BCUT2D eigenvalue weighted by Gasteiger charge is 2.11. The highest BCUT2D eigenvalue weighted by molar-refractivity contribution is 7.91. The lowest BCUT2D eigenvalue weighted by Crippen LogP contribution is -2.14. The summed E-state index contributed by atoms with van der Waals surface area (Å²) in [6.07, 6.45) is 0. The van der Waals surface area contributed by atoms with Crippen LogP contribution in [-0.2, 0) is 9.84 Å². The van der Waals surface area contributed by atoms with Gasteiger partial charge in [-0.05, 0) is 35.0 Å². The Morgan fingerprint density at radius 1 is 1.00 bits per heavy atom. The zero-order chi connectivity index (χ0) is 11.8. The van der Waals surface area contributed by atoms with Gasteiger partial charge in [-0.2, -0.15) is 0 Å². The topological polar surface area (TPSA) is 86.2 Å². The van der Waals surface area contributed by atoms with Crippen molar-refractivity contribution in [3.8, 4) is 0 Å².